The highest BCUT2D eigenvalue weighted by Crippen LogP contribution is 1.99. The molecule has 4 N–H and O–H groups in total. The van der Waals surface area contributed by atoms with E-state index in [1.54, 1.807) is 6.92 Å². The predicted octanol–water partition coefficient (Wildman–Crippen LogP) is 0.250. The Kier molecular flexibility index (Phi) is 8.61. The molecule has 0 aliphatic rings. The highest BCUT2D eigenvalue weighted by Gasteiger charge is 2.20. The van der Waals surface area contributed by atoms with Crippen LogP contribution in [-0.4, -0.2) is 47.6 Å². The number of hydrogen-bond acceptors (Lipinski definition) is 4. The second kappa shape index (κ2) is 9.33. The molecule has 0 aliphatic carbocycles. The first-order chi connectivity index (χ1) is 9.65. The fourth-order valence-electron chi connectivity index (χ4n) is 1.56. The van der Waals surface area contributed by atoms with Gasteiger partial charge in [-0.2, -0.15) is 0 Å². The Balaban J connectivity index is 3.98. The van der Waals surface area contributed by atoms with Crippen molar-refractivity contribution in [3.63, 3.8) is 0 Å². The zero-order chi connectivity index (χ0) is 16.5. The summed E-state index contributed by atoms with van der Waals surface area (Å²) in [5, 5.41) is 17.3. The van der Waals surface area contributed by atoms with Gasteiger partial charge in [-0.15, -0.1) is 0 Å². The second-order valence-corrected chi connectivity index (χ2v) is 5.88. The highest BCUT2D eigenvalue weighted by atomic mass is 16.4. The Hall–Kier alpha value is -1.63. The van der Waals surface area contributed by atoms with Crippen molar-refractivity contribution in [1.82, 2.24) is 16.0 Å². The average molecular weight is 301 g/mol. The van der Waals surface area contributed by atoms with Gasteiger partial charge in [0.2, 0.25) is 11.8 Å². The lowest BCUT2D eigenvalue weighted by Gasteiger charge is -2.20. The van der Waals surface area contributed by atoms with Gasteiger partial charge in [0, 0.05) is 31.5 Å². The third-order valence-corrected chi connectivity index (χ3v) is 2.72. The van der Waals surface area contributed by atoms with Gasteiger partial charge in [0.15, 0.2) is 0 Å². The maximum absolute atomic E-state index is 11.6. The van der Waals surface area contributed by atoms with E-state index in [1.165, 1.54) is 0 Å². The van der Waals surface area contributed by atoms with Crippen molar-refractivity contribution >= 4 is 17.8 Å². The molecule has 0 spiro atoms. The Bertz CT molecular complexity index is 364. The smallest absolute Gasteiger partial charge is 0.326 e. The van der Waals surface area contributed by atoms with Crippen molar-refractivity contribution in [3.05, 3.63) is 0 Å². The number of carboxylic acids is 1. The van der Waals surface area contributed by atoms with Crippen LogP contribution in [0.3, 0.4) is 0 Å². The molecule has 0 aromatic carbocycles. The molecule has 0 radical (unpaired) electrons. The van der Waals surface area contributed by atoms with Gasteiger partial charge in [-0.25, -0.2) is 4.79 Å². The normalized spacial score (nSPS) is 12.6. The summed E-state index contributed by atoms with van der Waals surface area (Å²) in [4.78, 5) is 33.8. The average Bonchev–Trinajstić information content (AvgIpc) is 2.37. The highest BCUT2D eigenvalue weighted by molar-refractivity contribution is 5.84. The van der Waals surface area contributed by atoms with Crippen molar-refractivity contribution in [2.75, 3.05) is 13.1 Å². The quantitative estimate of drug-likeness (QED) is 0.457. The van der Waals surface area contributed by atoms with Crippen molar-refractivity contribution in [1.29, 1.82) is 0 Å². The number of carbonyl (C=O) groups excluding carboxylic acids is 2. The number of hydrogen-bond donors (Lipinski definition) is 4. The van der Waals surface area contributed by atoms with E-state index in [0.29, 0.717) is 13.1 Å². The molecule has 21 heavy (non-hydrogen) atoms. The SMILES string of the molecule is CCC(=O)NC(CCC(=O)NCCNC(C)(C)C)C(=O)O. The van der Waals surface area contributed by atoms with Crippen LogP contribution in [0.5, 0.6) is 0 Å². The number of amides is 2. The minimum Gasteiger partial charge on any atom is -0.480 e. The van der Waals surface area contributed by atoms with Crippen LogP contribution in [0.1, 0.15) is 47.0 Å². The fraction of sp³-hybridized carbons (Fsp3) is 0.786. The Morgan fingerprint density at radius 1 is 1.10 bits per heavy atom. The van der Waals surface area contributed by atoms with E-state index in [9.17, 15) is 14.4 Å². The number of carboxylic acid groups (broad SMARTS) is 1. The standard InChI is InChI=1S/C14H27N3O4/c1-5-11(18)17-10(13(20)21)6-7-12(19)15-8-9-16-14(2,3)4/h10,16H,5-9H2,1-4H3,(H,15,19)(H,17,18)(H,20,21). The van der Waals surface area contributed by atoms with Crippen LogP contribution < -0.4 is 16.0 Å². The monoisotopic (exact) mass is 301 g/mol. The number of nitrogens with one attached hydrogen (secondary N) is 3. The van der Waals surface area contributed by atoms with Crippen molar-refractivity contribution in [2.24, 2.45) is 0 Å². The van der Waals surface area contributed by atoms with Crippen molar-refractivity contribution < 1.29 is 19.5 Å². The largest absolute Gasteiger partial charge is 0.480 e. The third-order valence-electron chi connectivity index (χ3n) is 2.72. The molecule has 122 valence electrons. The molecule has 1 unspecified atom stereocenters. The molecule has 2 amide bonds. The lowest BCUT2D eigenvalue weighted by molar-refractivity contribution is -0.142. The molecule has 7 heteroatoms. The third kappa shape index (κ3) is 10.8. The van der Waals surface area contributed by atoms with E-state index in [0.717, 1.165) is 0 Å². The van der Waals surface area contributed by atoms with Crippen LogP contribution in [0.4, 0.5) is 0 Å². The van der Waals surface area contributed by atoms with Gasteiger partial charge < -0.3 is 21.1 Å². The Morgan fingerprint density at radius 3 is 2.19 bits per heavy atom. The number of aliphatic carboxylic acids is 1. The van der Waals surface area contributed by atoms with Crippen LogP contribution in [0.25, 0.3) is 0 Å². The van der Waals surface area contributed by atoms with Gasteiger partial charge in [0.1, 0.15) is 6.04 Å². The molecule has 0 bridgehead atoms. The van der Waals surface area contributed by atoms with E-state index >= 15 is 0 Å². The summed E-state index contributed by atoms with van der Waals surface area (Å²) in [5.74, 6) is -1.68. The first-order valence-electron chi connectivity index (χ1n) is 7.19. The molecule has 0 aromatic rings. The minimum atomic E-state index is -1.13. The van der Waals surface area contributed by atoms with Crippen molar-refractivity contribution in [3.8, 4) is 0 Å². The van der Waals surface area contributed by atoms with Crippen LogP contribution in [-0.2, 0) is 14.4 Å². The maximum atomic E-state index is 11.6. The number of carbonyl (C=O) groups is 3. The van der Waals surface area contributed by atoms with Crippen LogP contribution >= 0.6 is 0 Å². The first kappa shape index (κ1) is 19.4. The zero-order valence-electron chi connectivity index (χ0n) is 13.3. The molecule has 0 aromatic heterocycles. The second-order valence-electron chi connectivity index (χ2n) is 5.88. The van der Waals surface area contributed by atoms with E-state index in [2.05, 4.69) is 16.0 Å². The molecule has 0 saturated heterocycles. The van der Waals surface area contributed by atoms with Gasteiger partial charge in [0.05, 0.1) is 0 Å². The summed E-state index contributed by atoms with van der Waals surface area (Å²) in [7, 11) is 0. The van der Waals surface area contributed by atoms with E-state index in [-0.39, 0.29) is 36.6 Å². The topological polar surface area (TPSA) is 108 Å². The van der Waals surface area contributed by atoms with Crippen LogP contribution in [0.15, 0.2) is 0 Å². The summed E-state index contributed by atoms with van der Waals surface area (Å²) in [6, 6.07) is -1.02. The van der Waals surface area contributed by atoms with Crippen LogP contribution in [0.2, 0.25) is 0 Å². The van der Waals surface area contributed by atoms with Crippen LogP contribution in [0, 0.1) is 0 Å². The molecule has 0 saturated carbocycles. The first-order valence-corrected chi connectivity index (χ1v) is 7.19. The lowest BCUT2D eigenvalue weighted by atomic mass is 10.1. The summed E-state index contributed by atoms with van der Waals surface area (Å²) >= 11 is 0. The Morgan fingerprint density at radius 2 is 1.71 bits per heavy atom. The van der Waals surface area contributed by atoms with E-state index < -0.39 is 12.0 Å². The van der Waals surface area contributed by atoms with Gasteiger partial charge in [-0.05, 0) is 27.2 Å². The molecular formula is C14H27N3O4. The summed E-state index contributed by atoms with van der Waals surface area (Å²) in [5.41, 5.74) is -0.0104. The van der Waals surface area contributed by atoms with Gasteiger partial charge in [-0.1, -0.05) is 6.92 Å². The summed E-state index contributed by atoms with van der Waals surface area (Å²) in [6.07, 6.45) is 0.366. The van der Waals surface area contributed by atoms with Gasteiger partial charge >= 0.3 is 5.97 Å². The number of rotatable bonds is 9. The van der Waals surface area contributed by atoms with Crippen molar-refractivity contribution in [2.45, 2.75) is 58.5 Å². The summed E-state index contributed by atoms with van der Waals surface area (Å²) in [6.45, 7) is 8.86. The Labute approximate surface area is 125 Å². The molecule has 0 aliphatic heterocycles. The van der Waals surface area contributed by atoms with Gasteiger partial charge in [-0.3, -0.25) is 9.59 Å². The molecule has 7 nitrogen and oxygen atoms in total. The summed E-state index contributed by atoms with van der Waals surface area (Å²) < 4.78 is 0. The zero-order valence-corrected chi connectivity index (χ0v) is 13.3. The molecular weight excluding hydrogens is 274 g/mol. The van der Waals surface area contributed by atoms with E-state index in [1.807, 2.05) is 20.8 Å². The predicted molar refractivity (Wildman–Crippen MR) is 79.9 cm³/mol. The minimum absolute atomic E-state index is 0.0104. The molecule has 0 fully saturated rings. The van der Waals surface area contributed by atoms with E-state index in [4.69, 9.17) is 5.11 Å². The van der Waals surface area contributed by atoms with Gasteiger partial charge in [0.25, 0.3) is 0 Å². The molecule has 1 atom stereocenters. The molecule has 0 rings (SSSR count). The maximum Gasteiger partial charge on any atom is 0.326 e. The lowest BCUT2D eigenvalue weighted by Crippen LogP contribution is -2.43. The fourth-order valence-corrected chi connectivity index (χ4v) is 1.56. The molecule has 0 heterocycles.